The van der Waals surface area contributed by atoms with E-state index in [1.54, 1.807) is 17.8 Å². The minimum absolute atomic E-state index is 0.160. The number of carbonyl (C=O) groups is 1. The molecule has 1 aliphatic carbocycles. The normalized spacial score (nSPS) is 19.1. The van der Waals surface area contributed by atoms with Gasteiger partial charge in [0.05, 0.1) is 11.9 Å². The molecule has 150 valence electrons. The van der Waals surface area contributed by atoms with E-state index in [1.807, 2.05) is 6.07 Å². The van der Waals surface area contributed by atoms with Crippen LogP contribution in [0.4, 0.5) is 10.1 Å². The van der Waals surface area contributed by atoms with Crippen molar-refractivity contribution in [1.29, 1.82) is 0 Å². The zero-order valence-electron chi connectivity index (χ0n) is 15.6. The molecule has 1 fully saturated rings. The highest BCUT2D eigenvalue weighted by Gasteiger charge is 2.24. The third kappa shape index (κ3) is 4.28. The number of carbonyl (C=O) groups excluding carboxylic acids is 1. The van der Waals surface area contributed by atoms with Crippen LogP contribution < -0.4 is 11.1 Å². The van der Waals surface area contributed by atoms with Crippen molar-refractivity contribution in [2.75, 3.05) is 5.32 Å². The number of hydrogen-bond acceptors (Lipinski definition) is 6. The Balaban J connectivity index is 1.54. The van der Waals surface area contributed by atoms with Crippen LogP contribution in [0.1, 0.15) is 47.7 Å². The summed E-state index contributed by atoms with van der Waals surface area (Å²) in [5.41, 5.74) is 8.25. The molecule has 4 N–H and O–H groups in total. The molecule has 1 amide bonds. The third-order valence-corrected chi connectivity index (χ3v) is 6.05. The minimum atomic E-state index is -0.588. The van der Waals surface area contributed by atoms with Crippen molar-refractivity contribution in [3.8, 4) is 16.3 Å². The number of thiazole rings is 1. The van der Waals surface area contributed by atoms with E-state index in [9.17, 15) is 14.3 Å². The number of pyridine rings is 1. The Morgan fingerprint density at radius 3 is 2.97 bits per heavy atom. The van der Waals surface area contributed by atoms with Crippen molar-refractivity contribution < 1.29 is 14.3 Å². The van der Waals surface area contributed by atoms with E-state index < -0.39 is 5.82 Å². The topological polar surface area (TPSA) is 101 Å². The van der Waals surface area contributed by atoms with Crippen LogP contribution in [-0.4, -0.2) is 27.0 Å². The molecule has 0 radical (unpaired) electrons. The zero-order chi connectivity index (χ0) is 20.4. The first kappa shape index (κ1) is 19.5. The lowest BCUT2D eigenvalue weighted by Crippen LogP contribution is -2.27. The van der Waals surface area contributed by atoms with Gasteiger partial charge in [0.1, 0.15) is 22.3 Å². The minimum Gasteiger partial charge on any atom is -0.508 e. The number of halogens is 1. The first-order valence-corrected chi connectivity index (χ1v) is 10.3. The van der Waals surface area contributed by atoms with E-state index in [-0.39, 0.29) is 34.9 Å². The number of benzene rings is 1. The number of phenols is 1. The molecule has 1 aromatic carbocycles. The maximum Gasteiger partial charge on any atom is 0.275 e. The van der Waals surface area contributed by atoms with E-state index in [0.29, 0.717) is 10.7 Å². The predicted molar refractivity (Wildman–Crippen MR) is 111 cm³/mol. The number of hydrogen-bond donors (Lipinski definition) is 3. The average Bonchev–Trinajstić information content (AvgIpc) is 3.18. The first-order valence-electron chi connectivity index (χ1n) is 9.46. The van der Waals surface area contributed by atoms with E-state index in [1.165, 1.54) is 23.5 Å². The monoisotopic (exact) mass is 412 g/mol. The summed E-state index contributed by atoms with van der Waals surface area (Å²) in [6, 6.07) is 5.95. The molecule has 2 atom stereocenters. The summed E-state index contributed by atoms with van der Waals surface area (Å²) in [6.45, 7) is 0. The first-order chi connectivity index (χ1) is 14.0. The van der Waals surface area contributed by atoms with Gasteiger partial charge in [-0.25, -0.2) is 9.37 Å². The van der Waals surface area contributed by atoms with Gasteiger partial charge in [-0.15, -0.1) is 11.3 Å². The Morgan fingerprint density at radius 1 is 1.31 bits per heavy atom. The van der Waals surface area contributed by atoms with Gasteiger partial charge in [-0.05, 0) is 48.9 Å². The van der Waals surface area contributed by atoms with Crippen LogP contribution in [0.5, 0.6) is 5.75 Å². The van der Waals surface area contributed by atoms with Crippen molar-refractivity contribution in [3.05, 3.63) is 59.1 Å². The largest absolute Gasteiger partial charge is 0.508 e. The number of phenolic OH excluding ortho intramolecular Hbond substituents is 1. The van der Waals surface area contributed by atoms with Gasteiger partial charge in [0.15, 0.2) is 0 Å². The predicted octanol–water partition coefficient (Wildman–Crippen LogP) is 4.29. The second kappa shape index (κ2) is 8.26. The Hall–Kier alpha value is -2.84. The molecular weight excluding hydrogens is 391 g/mol. The number of aromatic nitrogens is 2. The fourth-order valence-electron chi connectivity index (χ4n) is 3.74. The fraction of sp³-hybridized carbons (Fsp3) is 0.286. The lowest BCUT2D eigenvalue weighted by Gasteiger charge is -2.28. The summed E-state index contributed by atoms with van der Waals surface area (Å²) in [5, 5.41) is 14.2. The second-order valence-corrected chi connectivity index (χ2v) is 8.10. The molecule has 3 aromatic rings. The molecule has 0 bridgehead atoms. The number of aromatic hydroxyl groups is 1. The number of nitrogens with zero attached hydrogens (tertiary/aromatic N) is 2. The standard InChI is InChI=1S/C21H21FN4O2S/c22-17-9-14(27)4-5-16(17)21-26-19(11-29-21)20(28)25-18-10-24-7-6-15(18)12-2-1-3-13(23)8-12/h4-7,9-13,27H,1-3,8,23H2,(H,25,28)/t12-,13+/m1/s1. The van der Waals surface area contributed by atoms with Crippen LogP contribution in [0.3, 0.4) is 0 Å². The highest BCUT2D eigenvalue weighted by Crippen LogP contribution is 2.36. The molecule has 29 heavy (non-hydrogen) atoms. The Labute approximate surface area is 171 Å². The van der Waals surface area contributed by atoms with Crippen LogP contribution in [0.25, 0.3) is 10.6 Å². The molecule has 1 saturated carbocycles. The van der Waals surface area contributed by atoms with Crippen LogP contribution >= 0.6 is 11.3 Å². The number of rotatable bonds is 4. The van der Waals surface area contributed by atoms with Gasteiger partial charge in [0, 0.05) is 29.2 Å². The molecule has 0 saturated heterocycles. The smallest absolute Gasteiger partial charge is 0.275 e. The summed E-state index contributed by atoms with van der Waals surface area (Å²) in [4.78, 5) is 21.2. The van der Waals surface area contributed by atoms with Crippen LogP contribution in [0.2, 0.25) is 0 Å². The summed E-state index contributed by atoms with van der Waals surface area (Å²) >= 11 is 1.17. The van der Waals surface area contributed by atoms with Gasteiger partial charge in [0.25, 0.3) is 5.91 Å². The summed E-state index contributed by atoms with van der Waals surface area (Å²) < 4.78 is 14.1. The van der Waals surface area contributed by atoms with Gasteiger partial charge in [-0.2, -0.15) is 0 Å². The number of nitrogens with one attached hydrogen (secondary N) is 1. The van der Waals surface area contributed by atoms with Crippen molar-refractivity contribution in [2.45, 2.75) is 37.6 Å². The van der Waals surface area contributed by atoms with Crippen molar-refractivity contribution in [2.24, 2.45) is 5.73 Å². The van der Waals surface area contributed by atoms with Gasteiger partial charge in [-0.3, -0.25) is 9.78 Å². The molecule has 8 heteroatoms. The van der Waals surface area contributed by atoms with Crippen molar-refractivity contribution in [3.63, 3.8) is 0 Å². The summed E-state index contributed by atoms with van der Waals surface area (Å²) in [5.74, 6) is -0.836. The molecule has 6 nitrogen and oxygen atoms in total. The van der Waals surface area contributed by atoms with E-state index in [0.717, 1.165) is 37.3 Å². The van der Waals surface area contributed by atoms with Gasteiger partial charge >= 0.3 is 0 Å². The lowest BCUT2D eigenvalue weighted by molar-refractivity contribution is 0.102. The Kier molecular flexibility index (Phi) is 5.55. The van der Waals surface area contributed by atoms with Crippen molar-refractivity contribution >= 4 is 22.9 Å². The zero-order valence-corrected chi connectivity index (χ0v) is 16.5. The van der Waals surface area contributed by atoms with Gasteiger partial charge in [0.2, 0.25) is 0 Å². The summed E-state index contributed by atoms with van der Waals surface area (Å²) in [6.07, 6.45) is 7.36. The average molecular weight is 412 g/mol. The number of anilines is 1. The van der Waals surface area contributed by atoms with Crippen LogP contribution in [0.15, 0.2) is 42.0 Å². The van der Waals surface area contributed by atoms with E-state index in [4.69, 9.17) is 5.73 Å². The third-order valence-electron chi connectivity index (χ3n) is 5.18. The lowest BCUT2D eigenvalue weighted by atomic mass is 9.81. The molecular formula is C21H21FN4O2S. The maximum absolute atomic E-state index is 14.1. The molecule has 0 unspecified atom stereocenters. The SMILES string of the molecule is N[C@H]1CCC[C@@H](c2ccncc2NC(=O)c2csc(-c3ccc(O)cc3F)n2)C1. The van der Waals surface area contributed by atoms with Crippen LogP contribution in [-0.2, 0) is 0 Å². The van der Waals surface area contributed by atoms with E-state index in [2.05, 4.69) is 15.3 Å². The molecule has 2 heterocycles. The fourth-order valence-corrected chi connectivity index (χ4v) is 4.57. The highest BCUT2D eigenvalue weighted by molar-refractivity contribution is 7.13. The molecule has 2 aromatic heterocycles. The van der Waals surface area contributed by atoms with Gasteiger partial charge < -0.3 is 16.2 Å². The molecule has 1 aliphatic rings. The van der Waals surface area contributed by atoms with E-state index >= 15 is 0 Å². The maximum atomic E-state index is 14.1. The molecule has 0 spiro atoms. The Bertz CT molecular complexity index is 1040. The van der Waals surface area contributed by atoms with Crippen molar-refractivity contribution in [1.82, 2.24) is 9.97 Å². The number of nitrogens with two attached hydrogens (primary N) is 1. The molecule has 4 rings (SSSR count). The van der Waals surface area contributed by atoms with Gasteiger partial charge in [-0.1, -0.05) is 6.42 Å². The quantitative estimate of drug-likeness (QED) is 0.593. The summed E-state index contributed by atoms with van der Waals surface area (Å²) in [7, 11) is 0. The molecule has 0 aliphatic heterocycles. The van der Waals surface area contributed by atoms with Crippen LogP contribution in [0, 0.1) is 5.82 Å². The second-order valence-electron chi connectivity index (χ2n) is 7.24. The highest BCUT2D eigenvalue weighted by atomic mass is 32.1. The number of amides is 1. The Morgan fingerprint density at radius 2 is 2.17 bits per heavy atom.